The van der Waals surface area contributed by atoms with Crippen LogP contribution in [-0.2, 0) is 6.61 Å². The third-order valence-electron chi connectivity index (χ3n) is 2.83. The summed E-state index contributed by atoms with van der Waals surface area (Å²) in [7, 11) is 0. The quantitative estimate of drug-likeness (QED) is 0.800. The van der Waals surface area contributed by atoms with Gasteiger partial charge in [-0.25, -0.2) is 4.98 Å². The number of fused-ring (bicyclic) bond motifs is 1. The van der Waals surface area contributed by atoms with Crippen LogP contribution < -0.4 is 4.74 Å². The molecule has 0 aliphatic rings. The van der Waals surface area contributed by atoms with Gasteiger partial charge in [0.2, 0.25) is 5.88 Å². The van der Waals surface area contributed by atoms with Gasteiger partial charge < -0.3 is 9.84 Å². The lowest BCUT2D eigenvalue weighted by molar-refractivity contribution is 0.275. The van der Waals surface area contributed by atoms with Crippen molar-refractivity contribution in [3.8, 4) is 11.6 Å². The molecule has 0 saturated heterocycles. The first-order valence-corrected chi connectivity index (χ1v) is 6.43. The maximum atomic E-state index is 9.14. The highest BCUT2D eigenvalue weighted by atomic mass is 35.5. The predicted octanol–water partition coefficient (Wildman–Crippen LogP) is 3.57. The molecule has 0 fully saturated rings. The highest BCUT2D eigenvalue weighted by Gasteiger charge is 2.05. The van der Waals surface area contributed by atoms with Crippen molar-refractivity contribution in [2.45, 2.75) is 6.61 Å². The van der Waals surface area contributed by atoms with Gasteiger partial charge in [-0.05, 0) is 18.2 Å². The molecule has 4 nitrogen and oxygen atoms in total. The summed E-state index contributed by atoms with van der Waals surface area (Å²) in [5, 5.41) is 10.5. The topological polar surface area (TPSA) is 55.2 Å². The molecular formula is C15H11ClN2O2. The van der Waals surface area contributed by atoms with Crippen molar-refractivity contribution in [1.82, 2.24) is 9.97 Å². The number of halogens is 1. The summed E-state index contributed by atoms with van der Waals surface area (Å²) in [6, 6.07) is 13.0. The van der Waals surface area contributed by atoms with E-state index >= 15 is 0 Å². The van der Waals surface area contributed by atoms with Crippen LogP contribution in [-0.4, -0.2) is 15.1 Å². The number of ether oxygens (including phenoxy) is 1. The number of para-hydroxylation sites is 1. The molecule has 1 aromatic carbocycles. The first-order chi connectivity index (χ1) is 9.76. The second-order valence-corrected chi connectivity index (χ2v) is 4.61. The number of aromatic nitrogens is 2. The van der Waals surface area contributed by atoms with Crippen LogP contribution in [0.3, 0.4) is 0 Å². The summed E-state index contributed by atoms with van der Waals surface area (Å²) >= 11 is 5.89. The Bertz CT molecular complexity index is 762. The molecule has 1 N–H and O–H groups in total. The van der Waals surface area contributed by atoms with E-state index < -0.39 is 0 Å². The maximum absolute atomic E-state index is 9.14. The zero-order valence-electron chi connectivity index (χ0n) is 10.5. The minimum atomic E-state index is -0.230. The third kappa shape index (κ3) is 2.57. The number of nitrogens with zero attached hydrogens (tertiary/aromatic N) is 2. The number of hydrogen-bond donors (Lipinski definition) is 1. The van der Waals surface area contributed by atoms with Gasteiger partial charge in [0, 0.05) is 11.5 Å². The van der Waals surface area contributed by atoms with E-state index in [0.717, 1.165) is 10.9 Å². The van der Waals surface area contributed by atoms with Gasteiger partial charge in [-0.2, -0.15) is 0 Å². The molecule has 5 heteroatoms. The molecule has 0 spiro atoms. The molecule has 100 valence electrons. The Balaban J connectivity index is 1.92. The average molecular weight is 287 g/mol. The van der Waals surface area contributed by atoms with E-state index in [4.69, 9.17) is 21.4 Å². The Hall–Kier alpha value is -2.17. The minimum absolute atomic E-state index is 0.230. The van der Waals surface area contributed by atoms with Crippen LogP contribution in [0.2, 0.25) is 5.02 Å². The molecule has 0 amide bonds. The molecule has 3 rings (SSSR count). The maximum Gasteiger partial charge on any atom is 0.219 e. The van der Waals surface area contributed by atoms with E-state index in [1.165, 1.54) is 0 Å². The van der Waals surface area contributed by atoms with Crippen LogP contribution in [0.15, 0.2) is 48.7 Å². The number of aliphatic hydroxyl groups is 1. The van der Waals surface area contributed by atoms with E-state index in [9.17, 15) is 0 Å². The van der Waals surface area contributed by atoms with Crippen LogP contribution in [0, 0.1) is 0 Å². The van der Waals surface area contributed by atoms with Gasteiger partial charge in [0.05, 0.1) is 29.0 Å². The van der Waals surface area contributed by atoms with E-state index in [2.05, 4.69) is 9.97 Å². The van der Waals surface area contributed by atoms with Crippen molar-refractivity contribution < 1.29 is 9.84 Å². The Morgan fingerprint density at radius 2 is 2.00 bits per heavy atom. The Labute approximate surface area is 120 Å². The van der Waals surface area contributed by atoms with E-state index in [0.29, 0.717) is 22.3 Å². The molecule has 20 heavy (non-hydrogen) atoms. The van der Waals surface area contributed by atoms with Crippen molar-refractivity contribution >= 4 is 22.5 Å². The minimum Gasteiger partial charge on any atom is -0.437 e. The number of benzene rings is 1. The standard InChI is InChI=1S/C15H11ClN2O2/c16-12-5-6-15(18-14(12)9-19)20-11-7-10-3-1-2-4-13(10)17-8-11/h1-8,19H,9H2. The molecule has 0 aliphatic carbocycles. The van der Waals surface area contributed by atoms with Crippen LogP contribution in [0.25, 0.3) is 10.9 Å². The lowest BCUT2D eigenvalue weighted by Gasteiger charge is -2.07. The van der Waals surface area contributed by atoms with Gasteiger partial charge in [0.15, 0.2) is 0 Å². The average Bonchev–Trinajstić information content (AvgIpc) is 2.49. The van der Waals surface area contributed by atoms with E-state index in [-0.39, 0.29) is 6.61 Å². The van der Waals surface area contributed by atoms with E-state index in [1.54, 1.807) is 18.3 Å². The number of hydrogen-bond acceptors (Lipinski definition) is 4. The normalized spacial score (nSPS) is 10.7. The number of pyridine rings is 2. The first kappa shape index (κ1) is 12.8. The summed E-state index contributed by atoms with van der Waals surface area (Å²) in [6.45, 7) is -0.230. The van der Waals surface area contributed by atoms with Crippen molar-refractivity contribution in [2.75, 3.05) is 0 Å². The zero-order valence-corrected chi connectivity index (χ0v) is 11.2. The summed E-state index contributed by atoms with van der Waals surface area (Å²) in [4.78, 5) is 8.44. The molecule has 2 aromatic heterocycles. The monoisotopic (exact) mass is 286 g/mol. The fraction of sp³-hybridized carbons (Fsp3) is 0.0667. The van der Waals surface area contributed by atoms with Gasteiger partial charge in [-0.3, -0.25) is 4.98 Å². The van der Waals surface area contributed by atoms with Crippen molar-refractivity contribution in [3.63, 3.8) is 0 Å². The second-order valence-electron chi connectivity index (χ2n) is 4.20. The SMILES string of the molecule is OCc1nc(Oc2cnc3ccccc3c2)ccc1Cl. The van der Waals surface area contributed by atoms with Crippen molar-refractivity contribution in [1.29, 1.82) is 0 Å². The fourth-order valence-corrected chi connectivity index (χ4v) is 2.02. The molecule has 2 heterocycles. The lowest BCUT2D eigenvalue weighted by Crippen LogP contribution is -1.95. The molecule has 3 aromatic rings. The first-order valence-electron chi connectivity index (χ1n) is 6.05. The summed E-state index contributed by atoms with van der Waals surface area (Å²) in [5.41, 5.74) is 1.29. The van der Waals surface area contributed by atoms with Gasteiger partial charge in [0.25, 0.3) is 0 Å². The fourth-order valence-electron chi connectivity index (χ4n) is 1.86. The molecular weight excluding hydrogens is 276 g/mol. The largest absolute Gasteiger partial charge is 0.437 e. The van der Waals surface area contributed by atoms with Gasteiger partial charge in [0.1, 0.15) is 5.75 Å². The lowest BCUT2D eigenvalue weighted by atomic mass is 10.2. The number of rotatable bonds is 3. The second kappa shape index (κ2) is 5.45. The smallest absolute Gasteiger partial charge is 0.219 e. The van der Waals surface area contributed by atoms with Crippen molar-refractivity contribution in [3.05, 3.63) is 59.4 Å². The highest BCUT2D eigenvalue weighted by Crippen LogP contribution is 2.25. The van der Waals surface area contributed by atoms with Crippen LogP contribution in [0.1, 0.15) is 5.69 Å². The van der Waals surface area contributed by atoms with Gasteiger partial charge in [-0.1, -0.05) is 29.8 Å². The Morgan fingerprint density at radius 3 is 2.85 bits per heavy atom. The van der Waals surface area contributed by atoms with Gasteiger partial charge in [-0.15, -0.1) is 0 Å². The van der Waals surface area contributed by atoms with Crippen LogP contribution in [0.5, 0.6) is 11.6 Å². The third-order valence-corrected chi connectivity index (χ3v) is 3.17. The highest BCUT2D eigenvalue weighted by molar-refractivity contribution is 6.31. The van der Waals surface area contributed by atoms with Crippen molar-refractivity contribution in [2.24, 2.45) is 0 Å². The summed E-state index contributed by atoms with van der Waals surface area (Å²) < 4.78 is 5.64. The van der Waals surface area contributed by atoms with Gasteiger partial charge >= 0.3 is 0 Å². The molecule has 0 aliphatic heterocycles. The molecule has 0 atom stereocenters. The zero-order chi connectivity index (χ0) is 13.9. The molecule has 0 radical (unpaired) electrons. The Kier molecular flexibility index (Phi) is 3.50. The summed E-state index contributed by atoms with van der Waals surface area (Å²) in [5.74, 6) is 0.956. The molecule has 0 unspecified atom stereocenters. The van der Waals surface area contributed by atoms with Crippen LogP contribution >= 0.6 is 11.6 Å². The summed E-state index contributed by atoms with van der Waals surface area (Å²) in [6.07, 6.45) is 1.64. The molecule has 0 saturated carbocycles. The predicted molar refractivity (Wildman–Crippen MR) is 77.0 cm³/mol. The number of aliphatic hydroxyl groups excluding tert-OH is 1. The molecule has 0 bridgehead atoms. The van der Waals surface area contributed by atoms with E-state index in [1.807, 2.05) is 30.3 Å². The Morgan fingerprint density at radius 1 is 1.15 bits per heavy atom. The van der Waals surface area contributed by atoms with Crippen LogP contribution in [0.4, 0.5) is 0 Å².